The molecule has 3 nitrogen and oxygen atoms in total. The molecule has 4 aromatic carbocycles. The summed E-state index contributed by atoms with van der Waals surface area (Å²) in [6.07, 6.45) is 0. The van der Waals surface area contributed by atoms with Crippen molar-refractivity contribution < 1.29 is 0 Å². The van der Waals surface area contributed by atoms with Crippen LogP contribution < -0.4 is 0 Å². The lowest BCUT2D eigenvalue weighted by Crippen LogP contribution is -1.92. The van der Waals surface area contributed by atoms with Crippen LogP contribution in [0.25, 0.3) is 43.5 Å². The van der Waals surface area contributed by atoms with E-state index in [1.165, 1.54) is 5.39 Å². The average Bonchev–Trinajstić information content (AvgIpc) is 3.13. The molecule has 0 atom stereocenters. The minimum Gasteiger partial charge on any atom is -0.309 e. The van der Waals surface area contributed by atoms with Crippen LogP contribution in [0.1, 0.15) is 5.56 Å². The summed E-state index contributed by atoms with van der Waals surface area (Å²) in [5.74, 6) is 0. The summed E-state index contributed by atoms with van der Waals surface area (Å²) >= 11 is 0. The molecular weight excluding hydrogens is 354 g/mol. The van der Waals surface area contributed by atoms with Gasteiger partial charge in [-0.25, -0.2) is 4.85 Å². The summed E-state index contributed by atoms with van der Waals surface area (Å²) in [7, 11) is 0. The summed E-state index contributed by atoms with van der Waals surface area (Å²) in [5, 5.41) is 11.6. The van der Waals surface area contributed by atoms with Gasteiger partial charge in [0.1, 0.15) is 0 Å². The molecule has 1 heterocycles. The number of rotatable bonds is 2. The van der Waals surface area contributed by atoms with Crippen LogP contribution in [0.4, 0.5) is 5.69 Å². The van der Waals surface area contributed by atoms with Crippen molar-refractivity contribution in [2.24, 2.45) is 0 Å². The molecule has 0 unspecified atom stereocenters. The maximum atomic E-state index is 9.32. The van der Waals surface area contributed by atoms with E-state index in [1.807, 2.05) is 30.3 Å². The predicted molar refractivity (Wildman–Crippen MR) is 117 cm³/mol. The summed E-state index contributed by atoms with van der Waals surface area (Å²) in [6, 6.07) is 32.5. The molecule has 0 aliphatic rings. The zero-order valence-corrected chi connectivity index (χ0v) is 15.5. The minimum atomic E-state index is 0.478. The molecule has 5 rings (SSSR count). The van der Waals surface area contributed by atoms with Crippen LogP contribution in [0.15, 0.2) is 91.0 Å². The molecule has 0 fully saturated rings. The summed E-state index contributed by atoms with van der Waals surface area (Å²) in [5.41, 5.74) is 6.25. The van der Waals surface area contributed by atoms with E-state index in [-0.39, 0.29) is 0 Å². The lowest BCUT2D eigenvalue weighted by molar-refractivity contribution is 1.18. The second-order valence-corrected chi connectivity index (χ2v) is 6.91. The number of nitrogens with zero attached hydrogens (tertiary/aromatic N) is 3. The van der Waals surface area contributed by atoms with Crippen LogP contribution in [0.2, 0.25) is 0 Å². The third-order valence-electron chi connectivity index (χ3n) is 5.20. The van der Waals surface area contributed by atoms with Crippen LogP contribution in [0.3, 0.4) is 0 Å². The van der Waals surface area contributed by atoms with Gasteiger partial charge in [-0.1, -0.05) is 42.5 Å². The molecule has 0 saturated heterocycles. The normalized spacial score (nSPS) is 10.7. The number of nitriles is 1. The maximum Gasteiger partial charge on any atom is 0.189 e. The zero-order chi connectivity index (χ0) is 19.8. The van der Waals surface area contributed by atoms with Gasteiger partial charge in [0.05, 0.1) is 23.7 Å². The van der Waals surface area contributed by atoms with E-state index in [2.05, 4.69) is 70.1 Å². The predicted octanol–water partition coefficient (Wildman–Crippen LogP) is 6.87. The van der Waals surface area contributed by atoms with E-state index in [4.69, 9.17) is 6.57 Å². The molecule has 0 N–H and O–H groups in total. The molecule has 3 heteroatoms. The number of aromatic nitrogens is 1. The lowest BCUT2D eigenvalue weighted by Gasteiger charge is -2.08. The number of hydrogen-bond acceptors (Lipinski definition) is 1. The highest BCUT2D eigenvalue weighted by molar-refractivity contribution is 6.10. The highest BCUT2D eigenvalue weighted by Crippen LogP contribution is 2.35. The van der Waals surface area contributed by atoms with Crippen LogP contribution in [0.5, 0.6) is 0 Å². The van der Waals surface area contributed by atoms with Gasteiger partial charge in [-0.2, -0.15) is 5.26 Å². The number of para-hydroxylation sites is 2. The topological polar surface area (TPSA) is 33.1 Å². The molecular formula is C26H15N3. The van der Waals surface area contributed by atoms with Gasteiger partial charge in [0.2, 0.25) is 0 Å². The second-order valence-electron chi connectivity index (χ2n) is 6.91. The first kappa shape index (κ1) is 16.8. The van der Waals surface area contributed by atoms with E-state index < -0.39 is 0 Å². The molecule has 0 aliphatic carbocycles. The van der Waals surface area contributed by atoms with Crippen molar-refractivity contribution in [1.29, 1.82) is 5.26 Å². The van der Waals surface area contributed by atoms with Gasteiger partial charge < -0.3 is 4.57 Å². The first-order chi connectivity index (χ1) is 14.3. The van der Waals surface area contributed by atoms with Gasteiger partial charge in [0, 0.05) is 22.0 Å². The summed E-state index contributed by atoms with van der Waals surface area (Å²) in [6.45, 7) is 7.32. The molecule has 5 aromatic rings. The van der Waals surface area contributed by atoms with Gasteiger partial charge in [-0.05, 0) is 59.7 Å². The Bertz CT molecular complexity index is 1430. The van der Waals surface area contributed by atoms with Crippen molar-refractivity contribution in [3.05, 3.63) is 108 Å². The van der Waals surface area contributed by atoms with E-state index >= 15 is 0 Å². The molecule has 0 radical (unpaired) electrons. The largest absolute Gasteiger partial charge is 0.309 e. The first-order valence-electron chi connectivity index (χ1n) is 9.30. The molecule has 0 aliphatic heterocycles. The lowest BCUT2D eigenvalue weighted by atomic mass is 10.0. The number of fused-ring (bicyclic) bond motifs is 3. The van der Waals surface area contributed by atoms with Gasteiger partial charge in [-0.15, -0.1) is 0 Å². The van der Waals surface area contributed by atoms with E-state index in [9.17, 15) is 5.26 Å². The SMILES string of the molecule is [C-]#[N+]c1cc(C#N)cc(-c2ccc3c(c2)c2ccccc2n3-c2ccccc2)c1. The average molecular weight is 369 g/mol. The van der Waals surface area contributed by atoms with Crippen molar-refractivity contribution in [3.63, 3.8) is 0 Å². The smallest absolute Gasteiger partial charge is 0.189 e. The first-order valence-corrected chi connectivity index (χ1v) is 9.30. The zero-order valence-electron chi connectivity index (χ0n) is 15.5. The van der Waals surface area contributed by atoms with Crippen LogP contribution >= 0.6 is 0 Å². The van der Waals surface area contributed by atoms with Gasteiger partial charge >= 0.3 is 0 Å². The van der Waals surface area contributed by atoms with Gasteiger partial charge in [0.25, 0.3) is 0 Å². The van der Waals surface area contributed by atoms with Crippen molar-refractivity contribution in [2.45, 2.75) is 0 Å². The Hall–Kier alpha value is -4.34. The quantitative estimate of drug-likeness (QED) is 0.312. The Morgan fingerprint density at radius 3 is 2.28 bits per heavy atom. The number of hydrogen-bond donors (Lipinski definition) is 0. The van der Waals surface area contributed by atoms with Crippen molar-refractivity contribution in [3.8, 4) is 22.9 Å². The summed E-state index contributed by atoms with van der Waals surface area (Å²) in [4.78, 5) is 3.52. The van der Waals surface area contributed by atoms with E-state index in [1.54, 1.807) is 6.07 Å². The molecule has 0 spiro atoms. The summed E-state index contributed by atoms with van der Waals surface area (Å²) < 4.78 is 2.27. The molecule has 0 bridgehead atoms. The van der Waals surface area contributed by atoms with Crippen molar-refractivity contribution in [1.82, 2.24) is 4.57 Å². The van der Waals surface area contributed by atoms with E-state index in [0.717, 1.165) is 33.2 Å². The van der Waals surface area contributed by atoms with Crippen molar-refractivity contribution >= 4 is 27.5 Å². The molecule has 134 valence electrons. The van der Waals surface area contributed by atoms with Crippen LogP contribution in [-0.4, -0.2) is 4.57 Å². The fourth-order valence-electron chi connectivity index (χ4n) is 3.91. The van der Waals surface area contributed by atoms with E-state index in [0.29, 0.717) is 11.3 Å². The molecule has 29 heavy (non-hydrogen) atoms. The third-order valence-corrected chi connectivity index (χ3v) is 5.20. The van der Waals surface area contributed by atoms with Crippen LogP contribution in [0, 0.1) is 17.9 Å². The highest BCUT2D eigenvalue weighted by Gasteiger charge is 2.13. The third kappa shape index (κ3) is 2.74. The standard InChI is InChI=1S/C26H15N3/c1-28-21-14-18(17-27)13-20(15-21)19-11-12-26-24(16-19)23-9-5-6-10-25(23)29(26)22-7-3-2-4-8-22/h2-16H. The minimum absolute atomic E-state index is 0.478. The Labute approximate surface area is 168 Å². The Balaban J connectivity index is 1.81. The molecule has 1 aromatic heterocycles. The Kier molecular flexibility index (Phi) is 3.87. The fourth-order valence-corrected chi connectivity index (χ4v) is 3.91. The highest BCUT2D eigenvalue weighted by atomic mass is 15.0. The maximum absolute atomic E-state index is 9.32. The van der Waals surface area contributed by atoms with Gasteiger partial charge in [-0.3, -0.25) is 0 Å². The van der Waals surface area contributed by atoms with Crippen LogP contribution in [-0.2, 0) is 0 Å². The fraction of sp³-hybridized carbons (Fsp3) is 0. The Morgan fingerprint density at radius 1 is 0.724 bits per heavy atom. The molecule has 0 saturated carbocycles. The number of benzene rings is 4. The second kappa shape index (κ2) is 6.68. The van der Waals surface area contributed by atoms with Crippen molar-refractivity contribution in [2.75, 3.05) is 0 Å². The monoisotopic (exact) mass is 369 g/mol. The van der Waals surface area contributed by atoms with Gasteiger partial charge in [0.15, 0.2) is 5.69 Å². The molecule has 0 amide bonds. The Morgan fingerprint density at radius 2 is 1.48 bits per heavy atom.